The first kappa shape index (κ1) is 9.68. The summed E-state index contributed by atoms with van der Waals surface area (Å²) < 4.78 is 6.29. The van der Waals surface area contributed by atoms with Crippen LogP contribution in [0.2, 0.25) is 0 Å². The maximum absolute atomic E-state index is 11.3. The molecule has 0 radical (unpaired) electrons. The molecule has 1 spiro atoms. The average molecular weight is 197 g/mol. The van der Waals surface area contributed by atoms with Crippen LogP contribution in [-0.4, -0.2) is 49.4 Å². The second-order valence-electron chi connectivity index (χ2n) is 4.24. The van der Waals surface area contributed by atoms with E-state index in [1.165, 1.54) is 0 Å². The van der Waals surface area contributed by atoms with E-state index in [-0.39, 0.29) is 12.2 Å². The summed E-state index contributed by atoms with van der Waals surface area (Å²) in [6.45, 7) is 10.5. The predicted octanol–water partition coefficient (Wildman–Crippen LogP) is -0.135. The molecule has 2 heterocycles. The molecule has 4 nitrogen and oxygen atoms in total. The van der Waals surface area contributed by atoms with E-state index in [0.29, 0.717) is 5.57 Å². The maximum Gasteiger partial charge on any atom is 0.337 e. The number of hydrogen-bond acceptors (Lipinski definition) is 3. The first-order valence-electron chi connectivity index (χ1n) is 5.07. The van der Waals surface area contributed by atoms with E-state index in [1.807, 2.05) is 0 Å². The lowest BCUT2D eigenvalue weighted by atomic mass is 10.4. The highest BCUT2D eigenvalue weighted by atomic mass is 16.6. The van der Waals surface area contributed by atoms with Crippen molar-refractivity contribution >= 4 is 5.97 Å². The maximum atomic E-state index is 11.3. The highest BCUT2D eigenvalue weighted by Crippen LogP contribution is 2.32. The number of esters is 1. The number of hydrogen-bond donors (Lipinski definition) is 1. The molecule has 1 unspecified atom stereocenters. The van der Waals surface area contributed by atoms with Gasteiger partial charge in [-0.1, -0.05) is 6.58 Å². The SMILES string of the molecule is C=C(C)C(=O)OC1C[N+]12CCNCC2. The molecule has 78 valence electrons. The van der Waals surface area contributed by atoms with Gasteiger partial charge in [0.2, 0.25) is 0 Å². The van der Waals surface area contributed by atoms with Gasteiger partial charge in [0.25, 0.3) is 6.23 Å². The van der Waals surface area contributed by atoms with Crippen molar-refractivity contribution in [2.24, 2.45) is 0 Å². The Labute approximate surface area is 84.1 Å². The van der Waals surface area contributed by atoms with Crippen LogP contribution in [0.3, 0.4) is 0 Å². The molecule has 2 rings (SSSR count). The quantitative estimate of drug-likeness (QED) is 0.290. The Morgan fingerprint density at radius 3 is 2.71 bits per heavy atom. The number of carbonyl (C=O) groups is 1. The van der Waals surface area contributed by atoms with Crippen molar-refractivity contribution in [2.45, 2.75) is 13.2 Å². The first-order chi connectivity index (χ1) is 6.64. The first-order valence-corrected chi connectivity index (χ1v) is 5.07. The van der Waals surface area contributed by atoms with Crippen LogP contribution in [0.1, 0.15) is 6.92 Å². The lowest BCUT2D eigenvalue weighted by Crippen LogP contribution is -2.47. The van der Waals surface area contributed by atoms with Crippen molar-refractivity contribution in [1.82, 2.24) is 5.32 Å². The van der Waals surface area contributed by atoms with Crippen LogP contribution in [-0.2, 0) is 9.53 Å². The molecule has 0 aromatic rings. The normalized spacial score (nSPS) is 28.5. The van der Waals surface area contributed by atoms with Gasteiger partial charge >= 0.3 is 5.97 Å². The van der Waals surface area contributed by atoms with Gasteiger partial charge in [0.05, 0.1) is 13.1 Å². The van der Waals surface area contributed by atoms with Gasteiger partial charge in [-0.25, -0.2) is 4.79 Å². The smallest absolute Gasteiger partial charge is 0.337 e. The predicted molar refractivity (Wildman–Crippen MR) is 52.4 cm³/mol. The number of carbonyl (C=O) groups excluding carboxylic acids is 1. The molecule has 1 N–H and O–H groups in total. The fourth-order valence-electron chi connectivity index (χ4n) is 1.95. The van der Waals surface area contributed by atoms with Gasteiger partial charge in [-0.15, -0.1) is 0 Å². The summed E-state index contributed by atoms with van der Waals surface area (Å²) in [7, 11) is 0. The van der Waals surface area contributed by atoms with Crippen LogP contribution in [0.25, 0.3) is 0 Å². The Kier molecular flexibility index (Phi) is 2.33. The van der Waals surface area contributed by atoms with Crippen molar-refractivity contribution in [3.8, 4) is 0 Å². The van der Waals surface area contributed by atoms with E-state index in [9.17, 15) is 4.79 Å². The van der Waals surface area contributed by atoms with Crippen molar-refractivity contribution in [3.63, 3.8) is 0 Å². The highest BCUT2D eigenvalue weighted by molar-refractivity contribution is 5.87. The summed E-state index contributed by atoms with van der Waals surface area (Å²) in [6, 6.07) is 0. The molecule has 0 aromatic carbocycles. The molecule has 4 heteroatoms. The zero-order chi connectivity index (χ0) is 10.2. The summed E-state index contributed by atoms with van der Waals surface area (Å²) in [5.41, 5.74) is 0.491. The van der Waals surface area contributed by atoms with Gasteiger partial charge in [0.15, 0.2) is 6.54 Å². The fourth-order valence-corrected chi connectivity index (χ4v) is 1.95. The minimum absolute atomic E-state index is 0.0984. The van der Waals surface area contributed by atoms with Crippen LogP contribution >= 0.6 is 0 Å². The second kappa shape index (κ2) is 3.37. The molecule has 2 aliphatic rings. The third kappa shape index (κ3) is 1.67. The van der Waals surface area contributed by atoms with Crippen LogP contribution in [0.5, 0.6) is 0 Å². The minimum Gasteiger partial charge on any atom is -0.403 e. The summed E-state index contributed by atoms with van der Waals surface area (Å²) >= 11 is 0. The van der Waals surface area contributed by atoms with E-state index in [0.717, 1.165) is 37.2 Å². The van der Waals surface area contributed by atoms with Crippen molar-refractivity contribution in [2.75, 3.05) is 32.7 Å². The fraction of sp³-hybridized carbons (Fsp3) is 0.700. The Balaban J connectivity index is 1.85. The number of rotatable bonds is 2. The highest BCUT2D eigenvalue weighted by Gasteiger charge is 2.58. The van der Waals surface area contributed by atoms with Crippen molar-refractivity contribution < 1.29 is 14.0 Å². The molecular weight excluding hydrogens is 180 g/mol. The molecule has 0 aromatic heterocycles. The molecule has 2 fully saturated rings. The van der Waals surface area contributed by atoms with Gasteiger partial charge in [0, 0.05) is 18.7 Å². The van der Waals surface area contributed by atoms with Crippen LogP contribution in [0.15, 0.2) is 12.2 Å². The van der Waals surface area contributed by atoms with E-state index in [4.69, 9.17) is 4.74 Å². The molecule has 1 atom stereocenters. The number of nitrogens with one attached hydrogen (secondary N) is 1. The van der Waals surface area contributed by atoms with Crippen LogP contribution < -0.4 is 5.32 Å². The van der Waals surface area contributed by atoms with Gasteiger partial charge < -0.3 is 10.1 Å². The standard InChI is InChI=1S/C10H17N2O2/c1-8(2)10(13)14-9-7-12(9)5-3-11-4-6-12/h9,11H,1,3-7H2,2H3/q+1. The minimum atomic E-state index is -0.247. The molecule has 2 aliphatic heterocycles. The number of quaternary nitrogens is 1. The summed E-state index contributed by atoms with van der Waals surface area (Å²) in [6.07, 6.45) is 0.0984. The Hall–Kier alpha value is -0.870. The molecule has 0 saturated carbocycles. The molecule has 2 saturated heterocycles. The van der Waals surface area contributed by atoms with Gasteiger partial charge in [-0.05, 0) is 6.92 Å². The zero-order valence-corrected chi connectivity index (χ0v) is 8.58. The summed E-state index contributed by atoms with van der Waals surface area (Å²) in [4.78, 5) is 11.3. The summed E-state index contributed by atoms with van der Waals surface area (Å²) in [5.74, 6) is -0.247. The van der Waals surface area contributed by atoms with Gasteiger partial charge in [-0.3, -0.25) is 4.48 Å². The lowest BCUT2D eigenvalue weighted by molar-refractivity contribution is -0.828. The van der Waals surface area contributed by atoms with E-state index >= 15 is 0 Å². The topological polar surface area (TPSA) is 38.3 Å². The van der Waals surface area contributed by atoms with Crippen LogP contribution in [0.4, 0.5) is 0 Å². The van der Waals surface area contributed by atoms with Crippen LogP contribution in [0, 0.1) is 0 Å². The Bertz CT molecular complexity index is 269. The van der Waals surface area contributed by atoms with E-state index in [2.05, 4.69) is 11.9 Å². The Morgan fingerprint density at radius 2 is 2.14 bits per heavy atom. The van der Waals surface area contributed by atoms with E-state index < -0.39 is 0 Å². The zero-order valence-electron chi connectivity index (χ0n) is 8.58. The van der Waals surface area contributed by atoms with Crippen molar-refractivity contribution in [1.29, 1.82) is 0 Å². The third-order valence-corrected chi connectivity index (χ3v) is 3.06. The molecule has 14 heavy (non-hydrogen) atoms. The Morgan fingerprint density at radius 1 is 1.50 bits per heavy atom. The number of nitrogens with zero attached hydrogens (tertiary/aromatic N) is 1. The monoisotopic (exact) mass is 197 g/mol. The number of piperazine rings is 1. The molecule has 0 amide bonds. The van der Waals surface area contributed by atoms with E-state index in [1.54, 1.807) is 6.92 Å². The second-order valence-corrected chi connectivity index (χ2v) is 4.24. The lowest BCUT2D eigenvalue weighted by Gasteiger charge is -2.24. The average Bonchev–Trinajstić information content (AvgIpc) is 2.79. The largest absolute Gasteiger partial charge is 0.403 e. The third-order valence-electron chi connectivity index (χ3n) is 3.06. The summed E-state index contributed by atoms with van der Waals surface area (Å²) in [5, 5.41) is 3.30. The molecular formula is C10H17N2O2+. The van der Waals surface area contributed by atoms with Crippen molar-refractivity contribution in [3.05, 3.63) is 12.2 Å². The van der Waals surface area contributed by atoms with Gasteiger partial charge in [0.1, 0.15) is 0 Å². The van der Waals surface area contributed by atoms with Gasteiger partial charge in [-0.2, -0.15) is 0 Å². The molecule has 0 aliphatic carbocycles. The number of ether oxygens (including phenoxy) is 1. The molecule has 0 bridgehead atoms.